The summed E-state index contributed by atoms with van der Waals surface area (Å²) in [6.45, 7) is 8.16. The Morgan fingerprint density at radius 1 is 0.732 bits per heavy atom. The lowest BCUT2D eigenvalue weighted by molar-refractivity contribution is -0.140. The molecule has 3 aromatic carbocycles. The fourth-order valence-electron chi connectivity index (χ4n) is 4.31. The van der Waals surface area contributed by atoms with Crippen LogP contribution >= 0.6 is 0 Å². The number of ether oxygens (including phenoxy) is 2. The van der Waals surface area contributed by atoms with E-state index >= 15 is 0 Å². The summed E-state index contributed by atoms with van der Waals surface area (Å²) in [5, 5.41) is 18.2. The maximum Gasteiger partial charge on any atom is 0.335 e. The molecule has 0 bridgehead atoms. The van der Waals surface area contributed by atoms with Crippen molar-refractivity contribution < 1.29 is 29.3 Å². The number of carbonyl (C=O) groups excluding carboxylic acids is 2. The lowest BCUT2D eigenvalue weighted by Crippen LogP contribution is -2.21. The van der Waals surface area contributed by atoms with Crippen LogP contribution in [0.2, 0.25) is 0 Å². The molecular formula is C35H40O6. The Kier molecular flexibility index (Phi) is 12.7. The van der Waals surface area contributed by atoms with Gasteiger partial charge in [0, 0.05) is 11.5 Å². The molecule has 0 aliphatic rings. The van der Waals surface area contributed by atoms with Crippen molar-refractivity contribution in [2.24, 2.45) is 0 Å². The van der Waals surface area contributed by atoms with E-state index in [1.165, 1.54) is 30.4 Å². The number of carbonyl (C=O) groups is 2. The van der Waals surface area contributed by atoms with E-state index in [9.17, 15) is 9.59 Å². The Balaban J connectivity index is 1.68. The van der Waals surface area contributed by atoms with Gasteiger partial charge in [0.05, 0.1) is 25.4 Å². The van der Waals surface area contributed by atoms with Crippen LogP contribution in [0.4, 0.5) is 0 Å². The first-order chi connectivity index (χ1) is 19.9. The van der Waals surface area contributed by atoms with E-state index < -0.39 is 25.0 Å². The van der Waals surface area contributed by atoms with Crippen LogP contribution < -0.4 is 0 Å². The minimum atomic E-state index is -0.690. The average Bonchev–Trinajstić information content (AvgIpc) is 3.02. The number of aliphatic hydroxyl groups is 2. The summed E-state index contributed by atoms with van der Waals surface area (Å²) in [6.07, 6.45) is 4.83. The minimum Gasteiger partial charge on any atom is -0.462 e. The van der Waals surface area contributed by atoms with E-state index in [0.29, 0.717) is 0 Å². The van der Waals surface area contributed by atoms with Crippen molar-refractivity contribution in [1.82, 2.24) is 0 Å². The summed E-state index contributed by atoms with van der Waals surface area (Å²) in [6, 6.07) is 25.1. The highest BCUT2D eigenvalue weighted by atomic mass is 16.5. The second-order valence-electron chi connectivity index (χ2n) is 10.1. The molecule has 3 aromatic rings. The number of Topliss-reactive ketones (excluding diaryl/α,β-unsaturated/α-hetero) is 1. The van der Waals surface area contributed by atoms with Crippen molar-refractivity contribution in [3.05, 3.63) is 108 Å². The lowest BCUT2D eigenvalue weighted by Gasteiger charge is -2.18. The number of ketones is 1. The lowest BCUT2D eigenvalue weighted by atomic mass is 9.95. The SMILES string of the molecule is C=C(CO)C(=O)COCC(COC(=O)C(=C)CO)c1ccc(-c2ccc(-c3ccc(CCCCC)cc3)cc2)cc1. The van der Waals surface area contributed by atoms with Crippen LogP contribution in [0, 0.1) is 0 Å². The van der Waals surface area contributed by atoms with Gasteiger partial charge in [0.2, 0.25) is 0 Å². The van der Waals surface area contributed by atoms with E-state index in [4.69, 9.17) is 19.7 Å². The zero-order valence-corrected chi connectivity index (χ0v) is 23.8. The fraction of sp³-hybridized carbons (Fsp3) is 0.314. The predicted octanol–water partition coefficient (Wildman–Crippen LogP) is 6.06. The maximum absolute atomic E-state index is 12.0. The van der Waals surface area contributed by atoms with Crippen molar-refractivity contribution in [2.75, 3.05) is 33.0 Å². The van der Waals surface area contributed by atoms with Gasteiger partial charge in [-0.1, -0.05) is 106 Å². The molecular weight excluding hydrogens is 516 g/mol. The Morgan fingerprint density at radius 2 is 1.24 bits per heavy atom. The van der Waals surface area contributed by atoms with Gasteiger partial charge in [-0.25, -0.2) is 4.79 Å². The first-order valence-electron chi connectivity index (χ1n) is 14.0. The van der Waals surface area contributed by atoms with Gasteiger partial charge in [-0.05, 0) is 46.2 Å². The molecule has 6 nitrogen and oxygen atoms in total. The number of rotatable bonds is 17. The molecule has 0 aliphatic heterocycles. The van der Waals surface area contributed by atoms with Crippen LogP contribution in [-0.4, -0.2) is 55.0 Å². The Hall–Kier alpha value is -3.84. The van der Waals surface area contributed by atoms with Crippen LogP contribution in [0.1, 0.15) is 43.2 Å². The van der Waals surface area contributed by atoms with Gasteiger partial charge in [-0.2, -0.15) is 0 Å². The summed E-state index contributed by atoms with van der Waals surface area (Å²) >= 11 is 0. The highest BCUT2D eigenvalue weighted by Gasteiger charge is 2.18. The zero-order chi connectivity index (χ0) is 29.6. The van der Waals surface area contributed by atoms with Crippen LogP contribution in [0.15, 0.2) is 97.1 Å². The molecule has 3 rings (SSSR count). The van der Waals surface area contributed by atoms with E-state index in [0.717, 1.165) is 28.7 Å². The highest BCUT2D eigenvalue weighted by molar-refractivity contribution is 5.95. The smallest absolute Gasteiger partial charge is 0.335 e. The number of aryl methyl sites for hydroxylation is 1. The number of aliphatic hydroxyl groups excluding tert-OH is 2. The summed E-state index contributed by atoms with van der Waals surface area (Å²) in [5.41, 5.74) is 6.72. The van der Waals surface area contributed by atoms with Gasteiger partial charge >= 0.3 is 5.97 Å². The van der Waals surface area contributed by atoms with Gasteiger partial charge in [0.15, 0.2) is 5.78 Å². The summed E-state index contributed by atoms with van der Waals surface area (Å²) in [4.78, 5) is 24.0. The molecule has 1 atom stereocenters. The molecule has 0 saturated carbocycles. The molecule has 0 spiro atoms. The van der Waals surface area contributed by atoms with Gasteiger partial charge in [-0.3, -0.25) is 4.79 Å². The van der Waals surface area contributed by atoms with Crippen LogP contribution in [0.5, 0.6) is 0 Å². The molecule has 1 unspecified atom stereocenters. The normalized spacial score (nSPS) is 11.6. The highest BCUT2D eigenvalue weighted by Crippen LogP contribution is 2.27. The molecule has 0 aliphatic carbocycles. The molecule has 0 fully saturated rings. The third-order valence-corrected chi connectivity index (χ3v) is 6.99. The van der Waals surface area contributed by atoms with E-state index in [1.807, 2.05) is 24.3 Å². The zero-order valence-electron chi connectivity index (χ0n) is 23.8. The van der Waals surface area contributed by atoms with Crippen molar-refractivity contribution in [1.29, 1.82) is 0 Å². The van der Waals surface area contributed by atoms with E-state index in [2.05, 4.69) is 68.6 Å². The molecule has 6 heteroatoms. The second-order valence-corrected chi connectivity index (χ2v) is 10.1. The van der Waals surface area contributed by atoms with Gasteiger partial charge in [0.25, 0.3) is 0 Å². The third-order valence-electron chi connectivity index (χ3n) is 6.99. The van der Waals surface area contributed by atoms with Gasteiger partial charge in [0.1, 0.15) is 13.2 Å². The van der Waals surface area contributed by atoms with Crippen molar-refractivity contribution in [3.63, 3.8) is 0 Å². The van der Waals surface area contributed by atoms with Crippen molar-refractivity contribution >= 4 is 11.8 Å². The quantitative estimate of drug-likeness (QED) is 0.119. The van der Waals surface area contributed by atoms with Crippen molar-refractivity contribution in [2.45, 2.75) is 38.5 Å². The molecule has 2 N–H and O–H groups in total. The monoisotopic (exact) mass is 556 g/mol. The number of benzene rings is 3. The van der Waals surface area contributed by atoms with Gasteiger partial charge in [-0.15, -0.1) is 0 Å². The summed E-state index contributed by atoms with van der Waals surface area (Å²) in [7, 11) is 0. The largest absolute Gasteiger partial charge is 0.462 e. The molecule has 41 heavy (non-hydrogen) atoms. The van der Waals surface area contributed by atoms with E-state index in [-0.39, 0.29) is 36.9 Å². The topological polar surface area (TPSA) is 93.1 Å². The molecule has 0 amide bonds. The summed E-state index contributed by atoms with van der Waals surface area (Å²) in [5.74, 6) is -1.44. The fourth-order valence-corrected chi connectivity index (χ4v) is 4.31. The maximum atomic E-state index is 12.0. The Labute approximate surface area is 243 Å². The number of hydrogen-bond donors (Lipinski definition) is 2. The first kappa shape index (κ1) is 31.7. The van der Waals surface area contributed by atoms with Crippen LogP contribution in [0.3, 0.4) is 0 Å². The second kappa shape index (κ2) is 16.4. The molecule has 0 aromatic heterocycles. The average molecular weight is 557 g/mol. The Morgan fingerprint density at radius 3 is 1.76 bits per heavy atom. The van der Waals surface area contributed by atoms with Crippen LogP contribution in [-0.2, 0) is 25.5 Å². The van der Waals surface area contributed by atoms with Crippen molar-refractivity contribution in [3.8, 4) is 22.3 Å². The Bertz CT molecular complexity index is 1290. The minimum absolute atomic E-state index is 0.0154. The predicted molar refractivity (Wildman–Crippen MR) is 163 cm³/mol. The number of esters is 1. The summed E-state index contributed by atoms with van der Waals surface area (Å²) < 4.78 is 10.9. The molecule has 0 radical (unpaired) electrons. The number of hydrogen-bond acceptors (Lipinski definition) is 6. The molecule has 0 saturated heterocycles. The van der Waals surface area contributed by atoms with E-state index in [1.54, 1.807) is 0 Å². The third kappa shape index (κ3) is 9.64. The number of unbranched alkanes of at least 4 members (excludes halogenated alkanes) is 2. The standard InChI is InChI=1S/C35H40O6/c1-4-5-6-7-27-8-10-28(11-9-27)29-12-14-30(15-13-29)31-16-18-32(19-17-31)33(23-41-35(39)26(3)21-37)22-40-24-34(38)25(2)20-36/h8-19,33,36-37H,2-7,20-24H2,1H3. The first-order valence-corrected chi connectivity index (χ1v) is 14.0. The van der Waals surface area contributed by atoms with Crippen LogP contribution in [0.25, 0.3) is 22.3 Å². The van der Waals surface area contributed by atoms with Gasteiger partial charge < -0.3 is 19.7 Å². The molecule has 216 valence electrons. The molecule has 0 heterocycles.